The van der Waals surface area contributed by atoms with Crippen LogP contribution in [0.25, 0.3) is 0 Å². The first kappa shape index (κ1) is 17.4. The van der Waals surface area contributed by atoms with Gasteiger partial charge in [-0.3, -0.25) is 0 Å². The van der Waals surface area contributed by atoms with Gasteiger partial charge in [-0.25, -0.2) is 9.59 Å². The molecule has 0 unspecified atom stereocenters. The van der Waals surface area contributed by atoms with Crippen LogP contribution in [0.5, 0.6) is 5.75 Å². The predicted octanol–water partition coefficient (Wildman–Crippen LogP) is 2.99. The average Bonchev–Trinajstić information content (AvgIpc) is 3.20. The smallest absolute Gasteiger partial charge is 0.331 e. The Balaban J connectivity index is 1.61. The molecule has 2 heterocycles. The summed E-state index contributed by atoms with van der Waals surface area (Å²) in [6.07, 6.45) is 0. The van der Waals surface area contributed by atoms with Gasteiger partial charge in [0, 0.05) is 6.54 Å². The highest BCUT2D eigenvalue weighted by atomic mass is 16.5. The van der Waals surface area contributed by atoms with Crippen molar-refractivity contribution >= 4 is 12.0 Å². The molecule has 2 aromatic rings. The Morgan fingerprint density at radius 1 is 1.11 bits per heavy atom. The van der Waals surface area contributed by atoms with Crippen LogP contribution in [-0.4, -0.2) is 47.6 Å². The number of fused-ring (bicyclic) bond motifs is 1. The summed E-state index contributed by atoms with van der Waals surface area (Å²) >= 11 is 0. The van der Waals surface area contributed by atoms with Crippen molar-refractivity contribution in [1.82, 2.24) is 9.80 Å². The standard InChI is InChI=1S/C21H22N2O4/c1-14(16-6-4-3-5-7-16)23-18-13-27-20(24)19(18)22(21(23)25)12-15-8-10-17(26-2)11-9-15/h3-11,14,18-19H,12-13H2,1-2H3/t14-,18+,19+/m1/s1. The van der Waals surface area contributed by atoms with Gasteiger partial charge in [-0.2, -0.15) is 0 Å². The second kappa shape index (κ2) is 6.95. The first-order valence-electron chi connectivity index (χ1n) is 9.03. The van der Waals surface area contributed by atoms with Gasteiger partial charge < -0.3 is 19.3 Å². The van der Waals surface area contributed by atoms with Crippen molar-refractivity contribution in [3.63, 3.8) is 0 Å². The van der Waals surface area contributed by atoms with E-state index in [2.05, 4.69) is 0 Å². The number of esters is 1. The zero-order valence-corrected chi connectivity index (χ0v) is 15.4. The number of urea groups is 1. The summed E-state index contributed by atoms with van der Waals surface area (Å²) in [7, 11) is 1.61. The number of rotatable bonds is 5. The molecule has 0 aliphatic carbocycles. The summed E-state index contributed by atoms with van der Waals surface area (Å²) < 4.78 is 10.5. The zero-order chi connectivity index (χ0) is 19.0. The lowest BCUT2D eigenvalue weighted by atomic mass is 10.0. The Bertz CT molecular complexity index is 837. The highest BCUT2D eigenvalue weighted by Gasteiger charge is 2.55. The molecule has 140 valence electrons. The molecular weight excluding hydrogens is 344 g/mol. The van der Waals surface area contributed by atoms with Crippen molar-refractivity contribution < 1.29 is 19.1 Å². The van der Waals surface area contributed by atoms with Crippen molar-refractivity contribution in [2.45, 2.75) is 31.6 Å². The van der Waals surface area contributed by atoms with Crippen LogP contribution in [0.1, 0.15) is 24.1 Å². The fraction of sp³-hybridized carbons (Fsp3) is 0.333. The number of methoxy groups -OCH3 is 1. The van der Waals surface area contributed by atoms with Gasteiger partial charge in [0.25, 0.3) is 0 Å². The van der Waals surface area contributed by atoms with Crippen LogP contribution in [0.3, 0.4) is 0 Å². The van der Waals surface area contributed by atoms with Crippen LogP contribution >= 0.6 is 0 Å². The van der Waals surface area contributed by atoms with Crippen LogP contribution < -0.4 is 4.74 Å². The van der Waals surface area contributed by atoms with Crippen molar-refractivity contribution in [3.8, 4) is 5.75 Å². The molecule has 2 amide bonds. The van der Waals surface area contributed by atoms with Crippen LogP contribution in [-0.2, 0) is 16.1 Å². The summed E-state index contributed by atoms with van der Waals surface area (Å²) in [4.78, 5) is 29.0. The molecule has 4 rings (SSSR count). The maximum absolute atomic E-state index is 13.2. The molecule has 6 nitrogen and oxygen atoms in total. The Morgan fingerprint density at radius 2 is 1.81 bits per heavy atom. The summed E-state index contributed by atoms with van der Waals surface area (Å²) in [5.74, 6) is 0.425. The molecule has 27 heavy (non-hydrogen) atoms. The molecule has 0 aromatic heterocycles. The van der Waals surface area contributed by atoms with Crippen LogP contribution in [0.4, 0.5) is 4.79 Å². The fourth-order valence-corrected chi connectivity index (χ4v) is 3.92. The number of cyclic esters (lactones) is 1. The van der Waals surface area contributed by atoms with E-state index in [1.54, 1.807) is 16.9 Å². The van der Waals surface area contributed by atoms with E-state index < -0.39 is 6.04 Å². The maximum atomic E-state index is 13.2. The van der Waals surface area contributed by atoms with E-state index in [4.69, 9.17) is 9.47 Å². The third-order valence-electron chi connectivity index (χ3n) is 5.37. The third kappa shape index (κ3) is 3.01. The van der Waals surface area contributed by atoms with Crippen molar-refractivity contribution in [2.75, 3.05) is 13.7 Å². The number of nitrogens with zero attached hydrogens (tertiary/aromatic N) is 2. The van der Waals surface area contributed by atoms with Gasteiger partial charge in [0.15, 0.2) is 6.04 Å². The van der Waals surface area contributed by atoms with E-state index in [9.17, 15) is 9.59 Å². The van der Waals surface area contributed by atoms with Crippen LogP contribution in [0.15, 0.2) is 54.6 Å². The fourth-order valence-electron chi connectivity index (χ4n) is 3.92. The molecule has 2 aromatic carbocycles. The van der Waals surface area contributed by atoms with Gasteiger partial charge in [0.1, 0.15) is 12.4 Å². The number of carbonyl (C=O) groups is 2. The Morgan fingerprint density at radius 3 is 2.48 bits per heavy atom. The topological polar surface area (TPSA) is 59.1 Å². The molecule has 0 saturated carbocycles. The van der Waals surface area contributed by atoms with E-state index in [-0.39, 0.29) is 30.7 Å². The summed E-state index contributed by atoms with van der Waals surface area (Å²) in [6.45, 7) is 2.59. The normalized spacial score (nSPS) is 22.6. The minimum Gasteiger partial charge on any atom is -0.497 e. The largest absolute Gasteiger partial charge is 0.497 e. The Kier molecular flexibility index (Phi) is 4.48. The van der Waals surface area contributed by atoms with E-state index in [0.717, 1.165) is 16.9 Å². The third-order valence-corrected chi connectivity index (χ3v) is 5.37. The molecule has 0 bridgehead atoms. The van der Waals surface area contributed by atoms with Gasteiger partial charge >= 0.3 is 12.0 Å². The summed E-state index contributed by atoms with van der Waals surface area (Å²) in [5, 5.41) is 0. The predicted molar refractivity (Wildman–Crippen MR) is 99.2 cm³/mol. The van der Waals surface area contributed by atoms with Crippen molar-refractivity contribution in [3.05, 3.63) is 65.7 Å². The number of hydrogen-bond donors (Lipinski definition) is 0. The average molecular weight is 366 g/mol. The lowest BCUT2D eigenvalue weighted by Gasteiger charge is -2.28. The number of amides is 2. The molecule has 3 atom stereocenters. The van der Waals surface area contributed by atoms with Gasteiger partial charge in [-0.15, -0.1) is 0 Å². The van der Waals surface area contributed by atoms with Gasteiger partial charge in [0.05, 0.1) is 19.2 Å². The highest BCUT2D eigenvalue weighted by molar-refractivity contribution is 5.90. The van der Waals surface area contributed by atoms with Gasteiger partial charge in [-0.05, 0) is 30.2 Å². The lowest BCUT2D eigenvalue weighted by molar-refractivity contribution is -0.141. The molecule has 0 N–H and O–H groups in total. The molecule has 2 fully saturated rings. The minimum absolute atomic E-state index is 0.131. The quantitative estimate of drug-likeness (QED) is 0.764. The summed E-state index contributed by atoms with van der Waals surface area (Å²) in [5.41, 5.74) is 1.98. The first-order chi connectivity index (χ1) is 13.1. The maximum Gasteiger partial charge on any atom is 0.331 e. The second-order valence-corrected chi connectivity index (χ2v) is 6.89. The van der Waals surface area contributed by atoms with E-state index in [1.807, 2.05) is 61.5 Å². The molecule has 2 saturated heterocycles. The molecule has 6 heteroatoms. The van der Waals surface area contributed by atoms with Gasteiger partial charge in [-0.1, -0.05) is 42.5 Å². The molecule has 0 spiro atoms. The van der Waals surface area contributed by atoms with Crippen LogP contribution in [0.2, 0.25) is 0 Å². The highest BCUT2D eigenvalue weighted by Crippen LogP contribution is 2.36. The summed E-state index contributed by atoms with van der Waals surface area (Å²) in [6, 6.07) is 16.3. The van der Waals surface area contributed by atoms with Crippen LogP contribution in [0, 0.1) is 0 Å². The lowest BCUT2D eigenvalue weighted by Crippen LogP contribution is -2.38. The molecule has 2 aliphatic rings. The molecule has 2 aliphatic heterocycles. The monoisotopic (exact) mass is 366 g/mol. The number of ether oxygens (including phenoxy) is 2. The second-order valence-electron chi connectivity index (χ2n) is 6.89. The number of carbonyl (C=O) groups excluding carboxylic acids is 2. The zero-order valence-electron chi connectivity index (χ0n) is 15.4. The van der Waals surface area contributed by atoms with Crippen molar-refractivity contribution in [1.29, 1.82) is 0 Å². The van der Waals surface area contributed by atoms with E-state index in [1.165, 1.54) is 0 Å². The molecular formula is C21H22N2O4. The Hall–Kier alpha value is -3.02. The minimum atomic E-state index is -0.564. The van der Waals surface area contributed by atoms with Crippen molar-refractivity contribution in [2.24, 2.45) is 0 Å². The molecule has 0 radical (unpaired) electrons. The van der Waals surface area contributed by atoms with Gasteiger partial charge in [0.2, 0.25) is 0 Å². The van der Waals surface area contributed by atoms with E-state index in [0.29, 0.717) is 6.54 Å². The Labute approximate surface area is 158 Å². The number of benzene rings is 2. The first-order valence-corrected chi connectivity index (χ1v) is 9.03. The number of hydrogen-bond acceptors (Lipinski definition) is 4. The van der Waals surface area contributed by atoms with E-state index >= 15 is 0 Å². The SMILES string of the molecule is COc1ccc(CN2C(=O)N([C@H](C)c3ccccc3)[C@H]3COC(=O)[C@H]32)cc1.